The molecule has 0 aliphatic carbocycles. The molecule has 0 saturated carbocycles. The van der Waals surface area contributed by atoms with Crippen LogP contribution in [0.15, 0.2) is 54.6 Å². The van der Waals surface area contributed by atoms with Gasteiger partial charge in [0.25, 0.3) is 5.91 Å². The van der Waals surface area contributed by atoms with E-state index < -0.39 is 0 Å². The van der Waals surface area contributed by atoms with Crippen LogP contribution in [0.3, 0.4) is 0 Å². The average molecular weight is 300 g/mol. The van der Waals surface area contributed by atoms with Crippen LogP contribution in [0.25, 0.3) is 0 Å². The monoisotopic (exact) mass is 299 g/mol. The number of carbonyl (C=O) groups excluding carboxylic acids is 1. The van der Waals surface area contributed by atoms with E-state index in [0.717, 1.165) is 13.0 Å². The van der Waals surface area contributed by atoms with Crippen LogP contribution in [0, 0.1) is 0 Å². The number of amides is 1. The first-order valence-electron chi connectivity index (χ1n) is 7.28. The van der Waals surface area contributed by atoms with Gasteiger partial charge in [-0.1, -0.05) is 41.9 Å². The Kier molecular flexibility index (Phi) is 3.98. The van der Waals surface area contributed by atoms with E-state index in [2.05, 4.69) is 31.2 Å². The number of carbonyl (C=O) groups is 1. The third-order valence-electron chi connectivity index (χ3n) is 4.33. The molecule has 2 aromatic rings. The van der Waals surface area contributed by atoms with Crippen molar-refractivity contribution < 1.29 is 4.79 Å². The maximum absolute atomic E-state index is 12.6. The highest BCUT2D eigenvalue weighted by atomic mass is 35.5. The highest BCUT2D eigenvalue weighted by Crippen LogP contribution is 2.34. The summed E-state index contributed by atoms with van der Waals surface area (Å²) in [6, 6.07) is 17.8. The summed E-state index contributed by atoms with van der Waals surface area (Å²) in [7, 11) is 0. The smallest absolute Gasteiger partial charge is 0.254 e. The molecule has 1 fully saturated rings. The second-order valence-electron chi connectivity index (χ2n) is 5.55. The van der Waals surface area contributed by atoms with Gasteiger partial charge >= 0.3 is 0 Å². The van der Waals surface area contributed by atoms with Crippen molar-refractivity contribution >= 4 is 17.5 Å². The van der Waals surface area contributed by atoms with E-state index in [9.17, 15) is 4.79 Å². The Morgan fingerprint density at radius 1 is 1.10 bits per heavy atom. The highest BCUT2D eigenvalue weighted by Gasteiger charge is 2.34. The number of hydrogen-bond acceptors (Lipinski definition) is 1. The predicted octanol–water partition coefficient (Wildman–Crippen LogP) is 4.36. The molecule has 1 amide bonds. The summed E-state index contributed by atoms with van der Waals surface area (Å²) in [4.78, 5) is 14.6. The fourth-order valence-corrected chi connectivity index (χ4v) is 3.26. The first kappa shape index (κ1) is 14.2. The molecule has 21 heavy (non-hydrogen) atoms. The molecule has 0 radical (unpaired) electrons. The lowest BCUT2D eigenvalue weighted by Gasteiger charge is -2.25. The molecule has 108 valence electrons. The molecule has 0 bridgehead atoms. The number of nitrogens with zero attached hydrogens (tertiary/aromatic N) is 1. The van der Waals surface area contributed by atoms with Gasteiger partial charge in [-0.05, 0) is 43.2 Å². The summed E-state index contributed by atoms with van der Waals surface area (Å²) in [5, 5.41) is 0.656. The first-order valence-corrected chi connectivity index (χ1v) is 7.66. The molecule has 2 aromatic carbocycles. The van der Waals surface area contributed by atoms with Crippen molar-refractivity contribution in [2.24, 2.45) is 0 Å². The van der Waals surface area contributed by atoms with E-state index in [1.165, 1.54) is 5.56 Å². The van der Waals surface area contributed by atoms with Gasteiger partial charge in [-0.3, -0.25) is 4.79 Å². The lowest BCUT2D eigenvalue weighted by molar-refractivity contribution is 0.0742. The number of likely N-dealkylation sites (tertiary alicyclic amines) is 1. The minimum atomic E-state index is 0.0950. The lowest BCUT2D eigenvalue weighted by atomic mass is 9.93. The number of hydrogen-bond donors (Lipinski definition) is 0. The zero-order valence-corrected chi connectivity index (χ0v) is 12.8. The topological polar surface area (TPSA) is 20.3 Å². The molecule has 0 spiro atoms. The van der Waals surface area contributed by atoms with Gasteiger partial charge in [0, 0.05) is 29.1 Å². The van der Waals surface area contributed by atoms with Crippen molar-refractivity contribution in [2.45, 2.75) is 25.3 Å². The van der Waals surface area contributed by atoms with Gasteiger partial charge in [-0.25, -0.2) is 0 Å². The van der Waals surface area contributed by atoms with E-state index >= 15 is 0 Å². The predicted molar refractivity (Wildman–Crippen MR) is 85.8 cm³/mol. The lowest BCUT2D eigenvalue weighted by Crippen LogP contribution is -2.35. The van der Waals surface area contributed by atoms with E-state index in [1.54, 1.807) is 24.3 Å². The fourth-order valence-electron chi connectivity index (χ4n) is 3.13. The summed E-state index contributed by atoms with van der Waals surface area (Å²) >= 11 is 5.88. The maximum Gasteiger partial charge on any atom is 0.254 e. The van der Waals surface area contributed by atoms with E-state index in [-0.39, 0.29) is 11.9 Å². The summed E-state index contributed by atoms with van der Waals surface area (Å²) in [5.74, 6) is 0.514. The van der Waals surface area contributed by atoms with Crippen molar-refractivity contribution in [3.05, 3.63) is 70.7 Å². The maximum atomic E-state index is 12.6. The van der Waals surface area contributed by atoms with Gasteiger partial charge < -0.3 is 4.90 Å². The molecule has 0 unspecified atom stereocenters. The molecule has 1 aliphatic heterocycles. The molecule has 1 aliphatic rings. The summed E-state index contributed by atoms with van der Waals surface area (Å²) in [5.41, 5.74) is 2.02. The molecule has 3 rings (SSSR count). The standard InChI is InChI=1S/C18H18ClNO/c1-13-17(14-5-3-2-4-6-14)11-12-20(13)18(21)15-7-9-16(19)10-8-15/h2-10,13,17H,11-12H2,1H3/t13-,17+/m0/s1. The molecule has 1 heterocycles. The second-order valence-corrected chi connectivity index (χ2v) is 5.99. The molecule has 2 nitrogen and oxygen atoms in total. The van der Waals surface area contributed by atoms with Gasteiger partial charge in [0.05, 0.1) is 0 Å². The first-order chi connectivity index (χ1) is 10.2. The molecular weight excluding hydrogens is 282 g/mol. The zero-order chi connectivity index (χ0) is 14.8. The van der Waals surface area contributed by atoms with Crippen molar-refractivity contribution in [3.8, 4) is 0 Å². The van der Waals surface area contributed by atoms with Crippen LogP contribution in [-0.4, -0.2) is 23.4 Å². The van der Waals surface area contributed by atoms with Gasteiger partial charge in [-0.15, -0.1) is 0 Å². The number of halogens is 1. The van der Waals surface area contributed by atoms with Crippen molar-refractivity contribution in [3.63, 3.8) is 0 Å². The molecule has 3 heteroatoms. The van der Waals surface area contributed by atoms with Crippen LogP contribution in [-0.2, 0) is 0 Å². The van der Waals surface area contributed by atoms with E-state index in [4.69, 9.17) is 11.6 Å². The minimum absolute atomic E-state index is 0.0950. The SMILES string of the molecule is C[C@H]1[C@H](c2ccccc2)CCN1C(=O)c1ccc(Cl)cc1. The minimum Gasteiger partial charge on any atom is -0.335 e. The van der Waals surface area contributed by atoms with Gasteiger partial charge in [0.15, 0.2) is 0 Å². The Balaban J connectivity index is 1.79. The summed E-state index contributed by atoms with van der Waals surface area (Å²) < 4.78 is 0. The second kappa shape index (κ2) is 5.90. The molecule has 1 saturated heterocycles. The molecule has 0 aromatic heterocycles. The number of benzene rings is 2. The van der Waals surface area contributed by atoms with Crippen molar-refractivity contribution in [2.75, 3.05) is 6.54 Å². The summed E-state index contributed by atoms with van der Waals surface area (Å²) in [6.45, 7) is 2.95. The Morgan fingerprint density at radius 2 is 1.76 bits per heavy atom. The summed E-state index contributed by atoms with van der Waals surface area (Å²) in [6.07, 6.45) is 1.02. The van der Waals surface area contributed by atoms with E-state index in [1.807, 2.05) is 11.0 Å². The third kappa shape index (κ3) is 2.81. The van der Waals surface area contributed by atoms with Crippen molar-refractivity contribution in [1.82, 2.24) is 4.90 Å². The Bertz CT molecular complexity index is 623. The highest BCUT2D eigenvalue weighted by molar-refractivity contribution is 6.30. The molecule has 0 N–H and O–H groups in total. The normalized spacial score (nSPS) is 21.5. The quantitative estimate of drug-likeness (QED) is 0.807. The average Bonchev–Trinajstić information content (AvgIpc) is 2.90. The van der Waals surface area contributed by atoms with Gasteiger partial charge in [-0.2, -0.15) is 0 Å². The van der Waals surface area contributed by atoms with Crippen molar-refractivity contribution in [1.29, 1.82) is 0 Å². The zero-order valence-electron chi connectivity index (χ0n) is 12.0. The van der Waals surface area contributed by atoms with E-state index in [0.29, 0.717) is 16.5 Å². The Hall–Kier alpha value is -1.80. The van der Waals surface area contributed by atoms with Crippen LogP contribution in [0.4, 0.5) is 0 Å². The van der Waals surface area contributed by atoms with Gasteiger partial charge in [0.1, 0.15) is 0 Å². The third-order valence-corrected chi connectivity index (χ3v) is 4.59. The molecular formula is C18H18ClNO. The van der Waals surface area contributed by atoms with Crippen LogP contribution in [0.5, 0.6) is 0 Å². The Labute approximate surface area is 130 Å². The molecule has 2 atom stereocenters. The Morgan fingerprint density at radius 3 is 2.43 bits per heavy atom. The van der Waals surface area contributed by atoms with Crippen LogP contribution in [0.1, 0.15) is 35.2 Å². The fraction of sp³-hybridized carbons (Fsp3) is 0.278. The van der Waals surface area contributed by atoms with Crippen LogP contribution in [0.2, 0.25) is 5.02 Å². The van der Waals surface area contributed by atoms with Crippen LogP contribution < -0.4 is 0 Å². The van der Waals surface area contributed by atoms with Crippen LogP contribution >= 0.6 is 11.6 Å². The van der Waals surface area contributed by atoms with Gasteiger partial charge in [0.2, 0.25) is 0 Å². The largest absolute Gasteiger partial charge is 0.335 e. The number of rotatable bonds is 2.